The van der Waals surface area contributed by atoms with Gasteiger partial charge >= 0.3 is 5.97 Å². The molecule has 1 aliphatic rings. The summed E-state index contributed by atoms with van der Waals surface area (Å²) in [5, 5.41) is 9.06. The van der Waals surface area contributed by atoms with Crippen LogP contribution in [-0.2, 0) is 4.79 Å². The van der Waals surface area contributed by atoms with Crippen LogP contribution in [0.2, 0.25) is 5.02 Å². The summed E-state index contributed by atoms with van der Waals surface area (Å²) in [7, 11) is 0. The number of halogens is 1. The Balaban J connectivity index is 2.33. The van der Waals surface area contributed by atoms with Crippen molar-refractivity contribution in [2.75, 3.05) is 6.61 Å². The van der Waals surface area contributed by atoms with Crippen molar-refractivity contribution < 1.29 is 19.4 Å². The average Bonchev–Trinajstić information content (AvgIpc) is 2.18. The van der Waals surface area contributed by atoms with Crippen LogP contribution in [0, 0.1) is 0 Å². The van der Waals surface area contributed by atoms with Crippen LogP contribution in [0.15, 0.2) is 18.2 Å². The number of aliphatic carboxylic acids is 1. The zero-order valence-electron chi connectivity index (χ0n) is 7.07. The topological polar surface area (TPSA) is 55.8 Å². The lowest BCUT2D eigenvalue weighted by atomic mass is 10.2. The van der Waals surface area contributed by atoms with Gasteiger partial charge in [-0.3, -0.25) is 0 Å². The van der Waals surface area contributed by atoms with E-state index in [1.807, 2.05) is 0 Å². The highest BCUT2D eigenvalue weighted by molar-refractivity contribution is 6.32. The van der Waals surface area contributed by atoms with E-state index in [0.29, 0.717) is 16.5 Å². The van der Waals surface area contributed by atoms with E-state index in [1.54, 1.807) is 18.2 Å². The van der Waals surface area contributed by atoms with Gasteiger partial charge < -0.3 is 14.6 Å². The standard InChI is InChI=1S/C9H7ClO4/c10-5-2-1-3-6-8(5)14-7(4-13-6)9(11)12/h1-3,7H,4H2,(H,11,12). The summed E-state index contributed by atoms with van der Waals surface area (Å²) >= 11 is 5.81. The number of carboxylic acid groups (broad SMARTS) is 1. The molecule has 1 atom stereocenters. The zero-order valence-corrected chi connectivity index (χ0v) is 7.82. The zero-order chi connectivity index (χ0) is 10.1. The monoisotopic (exact) mass is 214 g/mol. The Hall–Kier alpha value is -1.42. The van der Waals surface area contributed by atoms with Gasteiger partial charge in [0.05, 0.1) is 5.02 Å². The molecule has 0 aliphatic carbocycles. The van der Waals surface area contributed by atoms with Crippen LogP contribution in [0.1, 0.15) is 0 Å². The normalized spacial score (nSPS) is 19.1. The van der Waals surface area contributed by atoms with Gasteiger partial charge in [0.25, 0.3) is 0 Å². The fourth-order valence-electron chi connectivity index (χ4n) is 1.18. The molecule has 0 radical (unpaired) electrons. The molecule has 1 aromatic carbocycles. The van der Waals surface area contributed by atoms with Gasteiger partial charge in [0.1, 0.15) is 6.61 Å². The molecule has 2 rings (SSSR count). The quantitative estimate of drug-likeness (QED) is 0.771. The molecular formula is C9H7ClO4. The van der Waals surface area contributed by atoms with Crippen molar-refractivity contribution in [1.82, 2.24) is 0 Å². The van der Waals surface area contributed by atoms with Gasteiger partial charge in [-0.25, -0.2) is 4.79 Å². The molecule has 1 N–H and O–H groups in total. The number of hydrogen-bond acceptors (Lipinski definition) is 3. The molecule has 74 valence electrons. The number of para-hydroxylation sites is 1. The lowest BCUT2D eigenvalue weighted by Crippen LogP contribution is -2.36. The molecule has 0 saturated heterocycles. The second-order valence-corrected chi connectivity index (χ2v) is 3.23. The highest BCUT2D eigenvalue weighted by Gasteiger charge is 2.28. The number of benzene rings is 1. The lowest BCUT2D eigenvalue weighted by Gasteiger charge is -2.24. The highest BCUT2D eigenvalue weighted by atomic mass is 35.5. The van der Waals surface area contributed by atoms with Crippen LogP contribution in [0.3, 0.4) is 0 Å². The molecule has 14 heavy (non-hydrogen) atoms. The fraction of sp³-hybridized carbons (Fsp3) is 0.222. The largest absolute Gasteiger partial charge is 0.485 e. The predicted molar refractivity (Wildman–Crippen MR) is 49.0 cm³/mol. The Bertz CT molecular complexity index is 377. The van der Waals surface area contributed by atoms with E-state index >= 15 is 0 Å². The Labute approximate surface area is 85.0 Å². The Kier molecular flexibility index (Phi) is 2.21. The maximum absolute atomic E-state index is 10.6. The van der Waals surface area contributed by atoms with Crippen LogP contribution >= 0.6 is 11.6 Å². The SMILES string of the molecule is O=C(O)C1COc2cccc(Cl)c2O1. The first-order valence-corrected chi connectivity index (χ1v) is 4.37. The summed E-state index contributed by atoms with van der Waals surface area (Å²) in [5.41, 5.74) is 0. The molecule has 0 bridgehead atoms. The second-order valence-electron chi connectivity index (χ2n) is 2.82. The first-order chi connectivity index (χ1) is 6.68. The smallest absolute Gasteiger partial charge is 0.348 e. The average molecular weight is 215 g/mol. The van der Waals surface area contributed by atoms with Crippen molar-refractivity contribution in [3.05, 3.63) is 23.2 Å². The number of hydrogen-bond donors (Lipinski definition) is 1. The number of rotatable bonds is 1. The molecule has 1 heterocycles. The van der Waals surface area contributed by atoms with Gasteiger partial charge in [-0.1, -0.05) is 17.7 Å². The summed E-state index contributed by atoms with van der Waals surface area (Å²) in [5.74, 6) is -0.279. The van der Waals surface area contributed by atoms with E-state index in [1.165, 1.54) is 0 Å². The lowest BCUT2D eigenvalue weighted by molar-refractivity contribution is -0.147. The minimum absolute atomic E-state index is 0.00265. The number of fused-ring (bicyclic) bond motifs is 1. The van der Waals surface area contributed by atoms with Gasteiger partial charge in [0, 0.05) is 0 Å². The summed E-state index contributed by atoms with van der Waals surface area (Å²) < 4.78 is 10.4. The van der Waals surface area contributed by atoms with E-state index in [-0.39, 0.29) is 6.61 Å². The van der Waals surface area contributed by atoms with Gasteiger partial charge in [-0.15, -0.1) is 0 Å². The molecule has 1 aromatic rings. The van der Waals surface area contributed by atoms with E-state index in [2.05, 4.69) is 0 Å². The molecule has 4 nitrogen and oxygen atoms in total. The van der Waals surface area contributed by atoms with Crippen molar-refractivity contribution in [2.45, 2.75) is 6.10 Å². The van der Waals surface area contributed by atoms with Crippen molar-refractivity contribution in [1.29, 1.82) is 0 Å². The van der Waals surface area contributed by atoms with Crippen molar-refractivity contribution in [3.63, 3.8) is 0 Å². The van der Waals surface area contributed by atoms with Gasteiger partial charge in [0.15, 0.2) is 11.5 Å². The van der Waals surface area contributed by atoms with Crippen LogP contribution in [-0.4, -0.2) is 23.8 Å². The third-order valence-corrected chi connectivity index (χ3v) is 2.15. The maximum atomic E-state index is 10.6. The highest BCUT2D eigenvalue weighted by Crippen LogP contribution is 2.37. The first kappa shape index (κ1) is 9.15. The van der Waals surface area contributed by atoms with Crippen LogP contribution in [0.25, 0.3) is 0 Å². The van der Waals surface area contributed by atoms with Gasteiger partial charge in [0.2, 0.25) is 6.10 Å². The number of carboxylic acids is 1. The third kappa shape index (κ3) is 1.48. The Morgan fingerprint density at radius 1 is 1.57 bits per heavy atom. The molecule has 1 aliphatic heterocycles. The molecule has 1 unspecified atom stereocenters. The van der Waals surface area contributed by atoms with E-state index in [9.17, 15) is 4.79 Å². The second kappa shape index (κ2) is 3.38. The minimum Gasteiger partial charge on any atom is -0.485 e. The number of ether oxygens (including phenoxy) is 2. The van der Waals surface area contributed by atoms with Crippen molar-refractivity contribution in [3.8, 4) is 11.5 Å². The Morgan fingerprint density at radius 2 is 2.36 bits per heavy atom. The van der Waals surface area contributed by atoms with Crippen LogP contribution in [0.4, 0.5) is 0 Å². The minimum atomic E-state index is -1.06. The third-order valence-electron chi connectivity index (χ3n) is 1.86. The fourth-order valence-corrected chi connectivity index (χ4v) is 1.39. The van der Waals surface area contributed by atoms with Crippen LogP contribution < -0.4 is 9.47 Å². The van der Waals surface area contributed by atoms with Crippen molar-refractivity contribution >= 4 is 17.6 Å². The summed E-state index contributed by atoms with van der Waals surface area (Å²) in [4.78, 5) is 10.6. The molecule has 5 heteroatoms. The molecule has 0 spiro atoms. The first-order valence-electron chi connectivity index (χ1n) is 3.99. The van der Waals surface area contributed by atoms with Crippen LogP contribution in [0.5, 0.6) is 11.5 Å². The summed E-state index contributed by atoms with van der Waals surface area (Å²) in [6.45, 7) is 0.00265. The summed E-state index contributed by atoms with van der Waals surface area (Å²) in [6.07, 6.45) is -0.984. The molecule has 0 aromatic heterocycles. The van der Waals surface area contributed by atoms with Crippen molar-refractivity contribution in [2.24, 2.45) is 0 Å². The summed E-state index contributed by atoms with van der Waals surface area (Å²) in [6, 6.07) is 5.01. The van der Waals surface area contributed by atoms with E-state index < -0.39 is 12.1 Å². The van der Waals surface area contributed by atoms with Gasteiger partial charge in [-0.2, -0.15) is 0 Å². The predicted octanol–water partition coefficient (Wildman–Crippen LogP) is 1.56. The molecule has 0 saturated carbocycles. The Morgan fingerprint density at radius 3 is 3.07 bits per heavy atom. The van der Waals surface area contributed by atoms with Gasteiger partial charge in [-0.05, 0) is 12.1 Å². The van der Waals surface area contributed by atoms with E-state index in [0.717, 1.165) is 0 Å². The molecular weight excluding hydrogens is 208 g/mol. The molecule has 0 amide bonds. The maximum Gasteiger partial charge on any atom is 0.348 e. The van der Waals surface area contributed by atoms with E-state index in [4.69, 9.17) is 26.2 Å². The molecule has 0 fully saturated rings. The number of carbonyl (C=O) groups is 1.